The molecular formula is C12H18N2O3S2. The number of piperidine rings is 1. The maximum atomic E-state index is 12.0. The van der Waals surface area contributed by atoms with Crippen LogP contribution in [0.15, 0.2) is 9.72 Å². The summed E-state index contributed by atoms with van der Waals surface area (Å²) in [5, 5.41) is 21.6. The molecule has 0 unspecified atom stereocenters. The summed E-state index contributed by atoms with van der Waals surface area (Å²) in [7, 11) is 0. The average Bonchev–Trinajstić information content (AvgIpc) is 2.76. The smallest absolute Gasteiger partial charge is 0.233 e. The molecule has 1 saturated heterocycles. The first-order valence-electron chi connectivity index (χ1n) is 6.11. The molecular weight excluding hydrogens is 284 g/mol. The van der Waals surface area contributed by atoms with Crippen molar-refractivity contribution >= 4 is 29.0 Å². The molecule has 1 aromatic rings. The Morgan fingerprint density at radius 1 is 1.74 bits per heavy atom. The molecule has 2 rings (SSSR count). The van der Waals surface area contributed by atoms with Crippen LogP contribution in [0.2, 0.25) is 0 Å². The quantitative estimate of drug-likeness (QED) is 0.811. The Balaban J connectivity index is 1.84. The Bertz CT molecular complexity index is 462. The van der Waals surface area contributed by atoms with Crippen molar-refractivity contribution in [3.63, 3.8) is 0 Å². The molecule has 7 heteroatoms. The van der Waals surface area contributed by atoms with E-state index < -0.39 is 11.7 Å². The van der Waals surface area contributed by atoms with Crippen LogP contribution in [-0.2, 0) is 4.79 Å². The molecule has 0 radical (unpaired) electrons. The van der Waals surface area contributed by atoms with E-state index in [1.54, 1.807) is 11.8 Å². The van der Waals surface area contributed by atoms with E-state index in [1.165, 1.54) is 23.1 Å². The number of likely N-dealkylation sites (tertiary alicyclic amines) is 1. The summed E-state index contributed by atoms with van der Waals surface area (Å²) in [4.78, 5) is 17.9. The SMILES string of the molecule is Cc1csc(SCC(=O)N2CC[C@](C)(O)[C@H](O)C2)n1. The van der Waals surface area contributed by atoms with Gasteiger partial charge in [-0.2, -0.15) is 0 Å². The first kappa shape index (κ1) is 14.8. The van der Waals surface area contributed by atoms with Crippen LogP contribution in [0.4, 0.5) is 0 Å². The van der Waals surface area contributed by atoms with Crippen LogP contribution >= 0.6 is 23.1 Å². The Kier molecular flexibility index (Phi) is 4.50. The zero-order valence-electron chi connectivity index (χ0n) is 11.0. The van der Waals surface area contributed by atoms with E-state index in [0.29, 0.717) is 18.7 Å². The molecule has 1 amide bonds. The number of nitrogens with zero attached hydrogens (tertiary/aromatic N) is 2. The summed E-state index contributed by atoms with van der Waals surface area (Å²) in [5.41, 5.74) is -0.125. The molecule has 5 nitrogen and oxygen atoms in total. The molecule has 1 fully saturated rings. The van der Waals surface area contributed by atoms with E-state index in [1.807, 2.05) is 12.3 Å². The number of carbonyl (C=O) groups is 1. The van der Waals surface area contributed by atoms with Gasteiger partial charge >= 0.3 is 0 Å². The van der Waals surface area contributed by atoms with E-state index in [4.69, 9.17) is 0 Å². The van der Waals surface area contributed by atoms with Crippen LogP contribution in [-0.4, -0.2) is 56.6 Å². The van der Waals surface area contributed by atoms with Gasteiger partial charge in [-0.25, -0.2) is 4.98 Å². The third-order valence-electron chi connectivity index (χ3n) is 3.27. The number of aliphatic hydroxyl groups is 2. The summed E-state index contributed by atoms with van der Waals surface area (Å²) in [6.45, 7) is 4.21. The van der Waals surface area contributed by atoms with Gasteiger partial charge in [-0.15, -0.1) is 11.3 Å². The second-order valence-corrected chi connectivity index (χ2v) is 7.09. The normalized spacial score (nSPS) is 27.6. The van der Waals surface area contributed by atoms with Gasteiger partial charge in [0.05, 0.1) is 17.5 Å². The standard InChI is InChI=1S/C12H18N2O3S2/c1-8-6-18-11(13-8)19-7-10(16)14-4-3-12(2,17)9(15)5-14/h6,9,15,17H,3-5,7H2,1-2H3/t9-,12+/m1/s1. The van der Waals surface area contributed by atoms with Crippen molar-refractivity contribution in [3.8, 4) is 0 Å². The fraction of sp³-hybridized carbons (Fsp3) is 0.667. The lowest BCUT2D eigenvalue weighted by Gasteiger charge is -2.39. The molecule has 0 spiro atoms. The Morgan fingerprint density at radius 2 is 2.47 bits per heavy atom. The molecule has 1 aliphatic heterocycles. The minimum absolute atomic E-state index is 0.0209. The zero-order valence-corrected chi connectivity index (χ0v) is 12.6. The first-order chi connectivity index (χ1) is 8.88. The summed E-state index contributed by atoms with van der Waals surface area (Å²) in [6.07, 6.45) is -0.474. The lowest BCUT2D eigenvalue weighted by atomic mass is 9.91. The maximum absolute atomic E-state index is 12.0. The number of rotatable bonds is 3. The fourth-order valence-corrected chi connectivity index (χ4v) is 3.62. The summed E-state index contributed by atoms with van der Waals surface area (Å²) in [5.74, 6) is 0.300. The highest BCUT2D eigenvalue weighted by molar-refractivity contribution is 8.01. The number of aliphatic hydroxyl groups excluding tert-OH is 1. The Morgan fingerprint density at radius 3 is 3.05 bits per heavy atom. The lowest BCUT2D eigenvalue weighted by molar-refractivity contribution is -0.143. The van der Waals surface area contributed by atoms with E-state index in [0.717, 1.165) is 10.0 Å². The lowest BCUT2D eigenvalue weighted by Crippen LogP contribution is -2.55. The number of hydrogen-bond acceptors (Lipinski definition) is 6. The monoisotopic (exact) mass is 302 g/mol. The molecule has 0 aromatic carbocycles. The number of aryl methyl sites for hydroxylation is 1. The van der Waals surface area contributed by atoms with E-state index in [9.17, 15) is 15.0 Å². The van der Waals surface area contributed by atoms with Crippen molar-refractivity contribution < 1.29 is 15.0 Å². The van der Waals surface area contributed by atoms with Crippen molar-refractivity contribution in [2.24, 2.45) is 0 Å². The second-order valence-electron chi connectivity index (χ2n) is 5.01. The molecule has 2 heterocycles. The van der Waals surface area contributed by atoms with Crippen molar-refractivity contribution in [2.45, 2.75) is 36.3 Å². The summed E-state index contributed by atoms with van der Waals surface area (Å²) < 4.78 is 0.885. The van der Waals surface area contributed by atoms with Crippen LogP contribution in [0.25, 0.3) is 0 Å². The van der Waals surface area contributed by atoms with Crippen LogP contribution in [0.1, 0.15) is 19.0 Å². The van der Waals surface area contributed by atoms with Crippen LogP contribution < -0.4 is 0 Å². The molecule has 2 atom stereocenters. The topological polar surface area (TPSA) is 73.7 Å². The molecule has 106 valence electrons. The van der Waals surface area contributed by atoms with Gasteiger partial charge in [0.25, 0.3) is 0 Å². The minimum Gasteiger partial charge on any atom is -0.388 e. The number of β-amino-alcohol motifs (C(OH)–C–C–N with tert-alkyl or cyclic N) is 1. The molecule has 0 saturated carbocycles. The number of hydrogen-bond donors (Lipinski definition) is 2. The number of thioether (sulfide) groups is 1. The van der Waals surface area contributed by atoms with Gasteiger partial charge in [0, 0.05) is 24.2 Å². The summed E-state index contributed by atoms with van der Waals surface area (Å²) in [6, 6.07) is 0. The largest absolute Gasteiger partial charge is 0.388 e. The van der Waals surface area contributed by atoms with E-state index >= 15 is 0 Å². The number of thiazole rings is 1. The molecule has 0 aliphatic carbocycles. The highest BCUT2D eigenvalue weighted by atomic mass is 32.2. The predicted molar refractivity (Wildman–Crippen MR) is 75.4 cm³/mol. The van der Waals surface area contributed by atoms with Gasteiger partial charge in [-0.05, 0) is 20.3 Å². The third-order valence-corrected chi connectivity index (χ3v) is 5.39. The molecule has 1 aliphatic rings. The summed E-state index contributed by atoms with van der Waals surface area (Å²) >= 11 is 2.95. The molecule has 0 bridgehead atoms. The van der Waals surface area contributed by atoms with Crippen molar-refractivity contribution in [2.75, 3.05) is 18.8 Å². The van der Waals surface area contributed by atoms with Gasteiger partial charge in [0.15, 0.2) is 4.34 Å². The highest BCUT2D eigenvalue weighted by Gasteiger charge is 2.37. The van der Waals surface area contributed by atoms with Gasteiger partial charge in [-0.1, -0.05) is 11.8 Å². The Hall–Kier alpha value is -0.630. The number of aromatic nitrogens is 1. The van der Waals surface area contributed by atoms with Crippen molar-refractivity contribution in [3.05, 3.63) is 11.1 Å². The van der Waals surface area contributed by atoms with Gasteiger partial charge in [0.2, 0.25) is 5.91 Å². The molecule has 1 aromatic heterocycles. The van der Waals surface area contributed by atoms with Gasteiger partial charge < -0.3 is 15.1 Å². The first-order valence-corrected chi connectivity index (χ1v) is 7.98. The fourth-order valence-electron chi connectivity index (χ4n) is 1.86. The van der Waals surface area contributed by atoms with Gasteiger partial charge in [-0.3, -0.25) is 4.79 Å². The van der Waals surface area contributed by atoms with Gasteiger partial charge in [0.1, 0.15) is 0 Å². The average molecular weight is 302 g/mol. The number of carbonyl (C=O) groups excluding carboxylic acids is 1. The highest BCUT2D eigenvalue weighted by Crippen LogP contribution is 2.25. The molecule has 2 N–H and O–H groups in total. The van der Waals surface area contributed by atoms with Crippen LogP contribution in [0, 0.1) is 6.92 Å². The van der Waals surface area contributed by atoms with E-state index in [2.05, 4.69) is 4.98 Å². The zero-order chi connectivity index (χ0) is 14.0. The van der Waals surface area contributed by atoms with E-state index in [-0.39, 0.29) is 12.5 Å². The third kappa shape index (κ3) is 3.68. The van der Waals surface area contributed by atoms with Crippen LogP contribution in [0.5, 0.6) is 0 Å². The maximum Gasteiger partial charge on any atom is 0.233 e. The van der Waals surface area contributed by atoms with Crippen molar-refractivity contribution in [1.82, 2.24) is 9.88 Å². The second kappa shape index (κ2) is 5.78. The Labute approximate surface area is 120 Å². The van der Waals surface area contributed by atoms with Crippen molar-refractivity contribution in [1.29, 1.82) is 0 Å². The number of amides is 1. The van der Waals surface area contributed by atoms with Crippen LogP contribution in [0.3, 0.4) is 0 Å². The predicted octanol–water partition coefficient (Wildman–Crippen LogP) is 0.888. The molecule has 19 heavy (non-hydrogen) atoms. The minimum atomic E-state index is -1.09.